The largest absolute Gasteiger partial charge is 0.363 e. The van der Waals surface area contributed by atoms with Crippen LogP contribution in [-0.4, -0.2) is 15.1 Å². The number of anilines is 1. The number of hydrogen-bond donors (Lipinski definition) is 1. The first-order chi connectivity index (χ1) is 12.6. The predicted molar refractivity (Wildman–Crippen MR) is 103 cm³/mol. The van der Waals surface area contributed by atoms with Crippen LogP contribution in [0.2, 0.25) is 0 Å². The zero-order valence-corrected chi connectivity index (χ0v) is 15.0. The van der Waals surface area contributed by atoms with Crippen molar-refractivity contribution >= 4 is 16.7 Å². The minimum absolute atomic E-state index is 0.136. The molecule has 2 aromatic carbocycles. The fourth-order valence-electron chi connectivity index (χ4n) is 3.25. The van der Waals surface area contributed by atoms with Gasteiger partial charge in [-0.2, -0.15) is 0 Å². The lowest BCUT2D eigenvalue weighted by Gasteiger charge is -2.16. The Morgan fingerprint density at radius 1 is 1.00 bits per heavy atom. The Kier molecular flexibility index (Phi) is 4.13. The van der Waals surface area contributed by atoms with E-state index < -0.39 is 0 Å². The van der Waals surface area contributed by atoms with Gasteiger partial charge >= 0.3 is 0 Å². The van der Waals surface area contributed by atoms with Crippen molar-refractivity contribution in [1.82, 2.24) is 15.1 Å². The van der Waals surface area contributed by atoms with E-state index in [1.807, 2.05) is 44.2 Å². The highest BCUT2D eigenvalue weighted by molar-refractivity contribution is 5.93. The summed E-state index contributed by atoms with van der Waals surface area (Å²) in [5.41, 5.74) is 5.07. The van der Waals surface area contributed by atoms with Crippen molar-refractivity contribution in [3.8, 4) is 11.1 Å². The van der Waals surface area contributed by atoms with Gasteiger partial charge in [-0.25, -0.2) is 9.97 Å². The lowest BCUT2D eigenvalue weighted by Crippen LogP contribution is -2.08. The second-order valence-electron chi connectivity index (χ2n) is 6.43. The van der Waals surface area contributed by atoms with Crippen molar-refractivity contribution in [1.29, 1.82) is 0 Å². The maximum atomic E-state index is 5.32. The molecule has 0 bridgehead atoms. The second-order valence-corrected chi connectivity index (χ2v) is 6.43. The monoisotopic (exact) mass is 344 g/mol. The van der Waals surface area contributed by atoms with Crippen LogP contribution in [0.5, 0.6) is 0 Å². The molecule has 4 aromatic rings. The van der Waals surface area contributed by atoms with Crippen molar-refractivity contribution in [3.63, 3.8) is 0 Å². The summed E-state index contributed by atoms with van der Waals surface area (Å²) < 4.78 is 5.32. The van der Waals surface area contributed by atoms with Crippen LogP contribution < -0.4 is 5.32 Å². The molecule has 0 amide bonds. The zero-order chi connectivity index (χ0) is 18.1. The molecule has 0 aliphatic heterocycles. The Morgan fingerprint density at radius 2 is 1.81 bits per heavy atom. The van der Waals surface area contributed by atoms with E-state index in [4.69, 9.17) is 4.52 Å². The minimum Gasteiger partial charge on any atom is -0.363 e. The summed E-state index contributed by atoms with van der Waals surface area (Å²) in [5.74, 6) is 1.63. The summed E-state index contributed by atoms with van der Waals surface area (Å²) in [5, 5.41) is 8.55. The lowest BCUT2D eigenvalue weighted by atomic mass is 10.0. The molecule has 0 aliphatic rings. The van der Waals surface area contributed by atoms with Gasteiger partial charge < -0.3 is 9.84 Å². The Labute approximate surface area is 152 Å². The molecule has 2 aromatic heterocycles. The van der Waals surface area contributed by atoms with E-state index in [2.05, 4.69) is 45.6 Å². The lowest BCUT2D eigenvalue weighted by molar-refractivity contribution is 0.393. The number of aryl methyl sites for hydroxylation is 2. The SMILES string of the molecule is Cc1noc(C)c1-c1ccc2ncnc(NC(C)c3ccccc3)c2c1. The molecule has 2 heterocycles. The number of hydrogen-bond acceptors (Lipinski definition) is 5. The molecule has 5 nitrogen and oxygen atoms in total. The molecular weight excluding hydrogens is 324 g/mol. The third kappa shape index (κ3) is 2.92. The van der Waals surface area contributed by atoms with Crippen LogP contribution in [0.25, 0.3) is 22.0 Å². The van der Waals surface area contributed by atoms with Crippen LogP contribution in [0.15, 0.2) is 59.4 Å². The fourth-order valence-corrected chi connectivity index (χ4v) is 3.25. The maximum Gasteiger partial charge on any atom is 0.141 e. The predicted octanol–water partition coefficient (Wildman–Crippen LogP) is 5.07. The van der Waals surface area contributed by atoms with E-state index >= 15 is 0 Å². The fraction of sp³-hybridized carbons (Fsp3) is 0.190. The van der Waals surface area contributed by atoms with E-state index in [0.29, 0.717) is 0 Å². The van der Waals surface area contributed by atoms with E-state index in [1.165, 1.54) is 5.56 Å². The van der Waals surface area contributed by atoms with Crippen molar-refractivity contribution in [3.05, 3.63) is 71.9 Å². The molecule has 0 saturated heterocycles. The molecule has 0 fully saturated rings. The summed E-state index contributed by atoms with van der Waals surface area (Å²) >= 11 is 0. The highest BCUT2D eigenvalue weighted by Crippen LogP contribution is 2.32. The van der Waals surface area contributed by atoms with Gasteiger partial charge in [-0.05, 0) is 44.0 Å². The smallest absolute Gasteiger partial charge is 0.141 e. The van der Waals surface area contributed by atoms with E-state index in [0.717, 1.165) is 39.3 Å². The third-order valence-corrected chi connectivity index (χ3v) is 4.61. The molecule has 0 spiro atoms. The quantitative estimate of drug-likeness (QED) is 0.559. The average molecular weight is 344 g/mol. The van der Waals surface area contributed by atoms with Crippen molar-refractivity contribution in [2.24, 2.45) is 0 Å². The first kappa shape index (κ1) is 16.3. The molecule has 1 unspecified atom stereocenters. The molecule has 0 aliphatic carbocycles. The first-order valence-electron chi connectivity index (χ1n) is 8.63. The summed E-state index contributed by atoms with van der Waals surface area (Å²) in [4.78, 5) is 8.88. The van der Waals surface area contributed by atoms with E-state index in [9.17, 15) is 0 Å². The third-order valence-electron chi connectivity index (χ3n) is 4.61. The standard InChI is InChI=1S/C21H20N4O/c1-13(16-7-5-4-6-8-16)24-21-18-11-17(9-10-19(18)22-12-23-21)20-14(2)25-26-15(20)3/h4-13H,1-3H3,(H,22,23,24). The van der Waals surface area contributed by atoms with Crippen molar-refractivity contribution < 1.29 is 4.52 Å². The molecule has 1 N–H and O–H groups in total. The van der Waals surface area contributed by atoms with E-state index in [1.54, 1.807) is 6.33 Å². The number of aromatic nitrogens is 3. The van der Waals surface area contributed by atoms with E-state index in [-0.39, 0.29) is 6.04 Å². The summed E-state index contributed by atoms with van der Waals surface area (Å²) in [6.45, 7) is 6.01. The first-order valence-corrected chi connectivity index (χ1v) is 8.63. The molecule has 4 rings (SSSR count). The summed E-state index contributed by atoms with van der Waals surface area (Å²) in [6, 6.07) is 16.6. The van der Waals surface area contributed by atoms with Crippen LogP contribution in [0, 0.1) is 13.8 Å². The van der Waals surface area contributed by atoms with Gasteiger partial charge in [0.1, 0.15) is 17.9 Å². The van der Waals surface area contributed by atoms with Crippen LogP contribution >= 0.6 is 0 Å². The average Bonchev–Trinajstić information content (AvgIpc) is 3.01. The molecule has 130 valence electrons. The molecule has 0 saturated carbocycles. The Morgan fingerprint density at radius 3 is 2.54 bits per heavy atom. The molecule has 26 heavy (non-hydrogen) atoms. The zero-order valence-electron chi connectivity index (χ0n) is 15.0. The topological polar surface area (TPSA) is 63.8 Å². The second kappa shape index (κ2) is 6.59. The van der Waals surface area contributed by atoms with Gasteiger partial charge in [0.25, 0.3) is 0 Å². The number of benzene rings is 2. The number of nitrogens with zero attached hydrogens (tertiary/aromatic N) is 3. The number of fused-ring (bicyclic) bond motifs is 1. The normalized spacial score (nSPS) is 12.3. The van der Waals surface area contributed by atoms with Gasteiger partial charge in [-0.15, -0.1) is 0 Å². The van der Waals surface area contributed by atoms with Gasteiger partial charge in [-0.1, -0.05) is 41.6 Å². The highest BCUT2D eigenvalue weighted by Gasteiger charge is 2.14. The van der Waals surface area contributed by atoms with Crippen LogP contribution in [0.4, 0.5) is 5.82 Å². The van der Waals surface area contributed by atoms with Crippen LogP contribution in [0.1, 0.15) is 30.0 Å². The summed E-state index contributed by atoms with van der Waals surface area (Å²) in [6.07, 6.45) is 1.60. The van der Waals surface area contributed by atoms with Crippen LogP contribution in [-0.2, 0) is 0 Å². The molecular formula is C21H20N4O. The molecule has 5 heteroatoms. The Hall–Kier alpha value is -3.21. The number of nitrogens with one attached hydrogen (secondary N) is 1. The highest BCUT2D eigenvalue weighted by atomic mass is 16.5. The maximum absolute atomic E-state index is 5.32. The van der Waals surface area contributed by atoms with Gasteiger partial charge in [0.2, 0.25) is 0 Å². The van der Waals surface area contributed by atoms with Gasteiger partial charge in [0, 0.05) is 17.0 Å². The van der Waals surface area contributed by atoms with Crippen molar-refractivity contribution in [2.75, 3.05) is 5.32 Å². The Balaban J connectivity index is 1.77. The number of rotatable bonds is 4. The van der Waals surface area contributed by atoms with Gasteiger partial charge in [0.05, 0.1) is 11.2 Å². The van der Waals surface area contributed by atoms with Crippen molar-refractivity contribution in [2.45, 2.75) is 26.8 Å². The molecule has 0 radical (unpaired) electrons. The minimum atomic E-state index is 0.136. The Bertz CT molecular complexity index is 1040. The van der Waals surface area contributed by atoms with Gasteiger partial charge in [0.15, 0.2) is 0 Å². The van der Waals surface area contributed by atoms with Crippen LogP contribution in [0.3, 0.4) is 0 Å². The summed E-state index contributed by atoms with van der Waals surface area (Å²) in [7, 11) is 0. The van der Waals surface area contributed by atoms with Gasteiger partial charge in [-0.3, -0.25) is 0 Å². The molecule has 1 atom stereocenters.